The molecule has 0 aliphatic heterocycles. The van der Waals surface area contributed by atoms with Crippen LogP contribution >= 0.6 is 0 Å². The fourth-order valence-electron chi connectivity index (χ4n) is 3.70. The lowest BCUT2D eigenvalue weighted by molar-refractivity contribution is 0.415. The zero-order valence-corrected chi connectivity index (χ0v) is 15.9. The Morgan fingerprint density at radius 2 is 1.55 bits per heavy atom. The van der Waals surface area contributed by atoms with Gasteiger partial charge in [-0.25, -0.2) is 9.38 Å². The molecule has 0 saturated carbocycles. The molecule has 142 valence electrons. The quantitative estimate of drug-likeness (QED) is 0.464. The average Bonchev–Trinajstić information content (AvgIpc) is 3.09. The van der Waals surface area contributed by atoms with Gasteiger partial charge in [0.05, 0.1) is 30.4 Å². The van der Waals surface area contributed by atoms with Crippen molar-refractivity contribution >= 4 is 16.8 Å². The van der Waals surface area contributed by atoms with Crippen molar-refractivity contribution < 1.29 is 4.74 Å². The summed E-state index contributed by atoms with van der Waals surface area (Å²) in [6, 6.07) is 27.3. The SMILES string of the molecule is COc1ccc(-c2cc(=O)n3c4ccccc4n(Cc4ccccc4)c3n2)cc1. The summed E-state index contributed by atoms with van der Waals surface area (Å²) in [5.41, 5.74) is 4.42. The Morgan fingerprint density at radius 3 is 2.28 bits per heavy atom. The van der Waals surface area contributed by atoms with E-state index in [1.807, 2.05) is 66.7 Å². The Kier molecular flexibility index (Phi) is 4.13. The molecule has 2 aromatic heterocycles. The number of para-hydroxylation sites is 2. The van der Waals surface area contributed by atoms with E-state index in [2.05, 4.69) is 16.7 Å². The summed E-state index contributed by atoms with van der Waals surface area (Å²) in [6.45, 7) is 0.635. The first-order chi connectivity index (χ1) is 14.2. The summed E-state index contributed by atoms with van der Waals surface area (Å²) in [7, 11) is 1.63. The van der Waals surface area contributed by atoms with Crippen LogP contribution in [0, 0.1) is 0 Å². The zero-order chi connectivity index (χ0) is 19.8. The fourth-order valence-corrected chi connectivity index (χ4v) is 3.70. The highest BCUT2D eigenvalue weighted by Gasteiger charge is 2.15. The summed E-state index contributed by atoms with van der Waals surface area (Å²) in [5, 5.41) is 0. The lowest BCUT2D eigenvalue weighted by atomic mass is 10.1. The van der Waals surface area contributed by atoms with E-state index in [0.29, 0.717) is 18.0 Å². The number of aromatic nitrogens is 3. The van der Waals surface area contributed by atoms with Gasteiger partial charge in [0.15, 0.2) is 0 Å². The first kappa shape index (κ1) is 17.3. The molecule has 0 saturated heterocycles. The number of ether oxygens (including phenoxy) is 1. The smallest absolute Gasteiger partial charge is 0.260 e. The van der Waals surface area contributed by atoms with Crippen LogP contribution in [0.3, 0.4) is 0 Å². The molecule has 5 heteroatoms. The second kappa shape index (κ2) is 6.95. The lowest BCUT2D eigenvalue weighted by Crippen LogP contribution is -2.14. The molecule has 5 rings (SSSR count). The van der Waals surface area contributed by atoms with Crippen molar-refractivity contribution in [2.45, 2.75) is 6.54 Å². The molecule has 0 radical (unpaired) electrons. The molecular weight excluding hydrogens is 362 g/mol. The van der Waals surface area contributed by atoms with Gasteiger partial charge in [0.1, 0.15) is 5.75 Å². The van der Waals surface area contributed by atoms with Crippen molar-refractivity contribution in [3.63, 3.8) is 0 Å². The van der Waals surface area contributed by atoms with E-state index in [1.165, 1.54) is 0 Å². The maximum absolute atomic E-state index is 13.1. The maximum Gasteiger partial charge on any atom is 0.260 e. The van der Waals surface area contributed by atoms with Gasteiger partial charge in [0, 0.05) is 11.6 Å². The molecule has 0 N–H and O–H groups in total. The Hall–Kier alpha value is -3.86. The maximum atomic E-state index is 13.1. The molecule has 0 unspecified atom stereocenters. The second-order valence-corrected chi connectivity index (χ2v) is 6.90. The molecule has 0 aliphatic carbocycles. The second-order valence-electron chi connectivity index (χ2n) is 6.90. The molecule has 5 aromatic rings. The minimum atomic E-state index is -0.0937. The Morgan fingerprint density at radius 1 is 0.862 bits per heavy atom. The topological polar surface area (TPSA) is 48.5 Å². The van der Waals surface area contributed by atoms with Crippen LogP contribution in [0.4, 0.5) is 0 Å². The van der Waals surface area contributed by atoms with Crippen molar-refractivity contribution in [1.29, 1.82) is 0 Å². The van der Waals surface area contributed by atoms with Gasteiger partial charge in [-0.1, -0.05) is 42.5 Å². The molecular formula is C24H19N3O2. The van der Waals surface area contributed by atoms with Gasteiger partial charge in [0.2, 0.25) is 5.78 Å². The molecule has 0 aliphatic rings. The molecule has 0 atom stereocenters. The van der Waals surface area contributed by atoms with Gasteiger partial charge in [-0.15, -0.1) is 0 Å². The highest BCUT2D eigenvalue weighted by molar-refractivity contribution is 5.81. The summed E-state index contributed by atoms with van der Waals surface area (Å²) in [6.07, 6.45) is 0. The monoisotopic (exact) mass is 381 g/mol. The number of hydrogen-bond acceptors (Lipinski definition) is 3. The molecule has 0 bridgehead atoms. The third kappa shape index (κ3) is 2.97. The van der Waals surface area contributed by atoms with Crippen LogP contribution in [0.25, 0.3) is 28.1 Å². The molecule has 29 heavy (non-hydrogen) atoms. The molecule has 2 heterocycles. The van der Waals surface area contributed by atoms with Gasteiger partial charge in [0.25, 0.3) is 5.56 Å². The normalized spacial score (nSPS) is 11.2. The van der Waals surface area contributed by atoms with Gasteiger partial charge in [-0.05, 0) is 42.0 Å². The first-order valence-electron chi connectivity index (χ1n) is 9.44. The van der Waals surface area contributed by atoms with Gasteiger partial charge >= 0.3 is 0 Å². The minimum absolute atomic E-state index is 0.0937. The van der Waals surface area contributed by atoms with Crippen molar-refractivity contribution in [2.24, 2.45) is 0 Å². The van der Waals surface area contributed by atoms with Crippen LogP contribution in [0.2, 0.25) is 0 Å². The summed E-state index contributed by atoms with van der Waals surface area (Å²) >= 11 is 0. The minimum Gasteiger partial charge on any atom is -0.497 e. The van der Waals surface area contributed by atoms with E-state index in [9.17, 15) is 4.79 Å². The molecule has 3 aromatic carbocycles. The van der Waals surface area contributed by atoms with E-state index >= 15 is 0 Å². The number of benzene rings is 3. The summed E-state index contributed by atoms with van der Waals surface area (Å²) < 4.78 is 9.02. The van der Waals surface area contributed by atoms with Crippen LogP contribution in [-0.4, -0.2) is 21.1 Å². The van der Waals surface area contributed by atoms with Gasteiger partial charge in [-0.3, -0.25) is 4.79 Å². The van der Waals surface area contributed by atoms with E-state index in [4.69, 9.17) is 9.72 Å². The Balaban J connectivity index is 1.76. The largest absolute Gasteiger partial charge is 0.497 e. The first-order valence-corrected chi connectivity index (χ1v) is 9.44. The van der Waals surface area contributed by atoms with Crippen molar-refractivity contribution in [3.8, 4) is 17.0 Å². The highest BCUT2D eigenvalue weighted by atomic mass is 16.5. The number of nitrogens with zero attached hydrogens (tertiary/aromatic N) is 3. The number of rotatable bonds is 4. The zero-order valence-electron chi connectivity index (χ0n) is 15.9. The standard InChI is InChI=1S/C24H19N3O2/c1-29-19-13-11-18(12-14-19)20-15-23(28)27-22-10-6-5-9-21(22)26(24(27)25-20)16-17-7-3-2-4-8-17/h2-15H,16H2,1H3. The molecule has 5 nitrogen and oxygen atoms in total. The van der Waals surface area contributed by atoms with E-state index < -0.39 is 0 Å². The Labute approximate surface area is 167 Å². The highest BCUT2D eigenvalue weighted by Crippen LogP contribution is 2.24. The molecule has 0 fully saturated rings. The third-order valence-electron chi connectivity index (χ3n) is 5.13. The third-order valence-corrected chi connectivity index (χ3v) is 5.13. The predicted octanol–water partition coefficient (Wildman–Crippen LogP) is 4.37. The number of methoxy groups -OCH3 is 1. The predicted molar refractivity (Wildman–Crippen MR) is 114 cm³/mol. The van der Waals surface area contributed by atoms with E-state index in [0.717, 1.165) is 27.9 Å². The van der Waals surface area contributed by atoms with Gasteiger partial charge in [-0.2, -0.15) is 0 Å². The van der Waals surface area contributed by atoms with Crippen LogP contribution < -0.4 is 10.3 Å². The van der Waals surface area contributed by atoms with Crippen LogP contribution in [-0.2, 0) is 6.54 Å². The van der Waals surface area contributed by atoms with E-state index in [-0.39, 0.29) is 5.56 Å². The van der Waals surface area contributed by atoms with Crippen molar-refractivity contribution in [3.05, 3.63) is 101 Å². The molecule has 0 spiro atoms. The lowest BCUT2D eigenvalue weighted by Gasteiger charge is -2.08. The van der Waals surface area contributed by atoms with Crippen molar-refractivity contribution in [1.82, 2.24) is 14.0 Å². The average molecular weight is 381 g/mol. The summed E-state index contributed by atoms with van der Waals surface area (Å²) in [5.74, 6) is 1.40. The number of imidazole rings is 1. The number of fused-ring (bicyclic) bond motifs is 3. The van der Waals surface area contributed by atoms with E-state index in [1.54, 1.807) is 17.6 Å². The summed E-state index contributed by atoms with van der Waals surface area (Å²) in [4.78, 5) is 17.9. The van der Waals surface area contributed by atoms with Crippen LogP contribution in [0.15, 0.2) is 89.7 Å². The van der Waals surface area contributed by atoms with Crippen molar-refractivity contribution in [2.75, 3.05) is 7.11 Å². The van der Waals surface area contributed by atoms with Crippen LogP contribution in [0.5, 0.6) is 5.75 Å². The fraction of sp³-hybridized carbons (Fsp3) is 0.0833. The van der Waals surface area contributed by atoms with Crippen LogP contribution in [0.1, 0.15) is 5.56 Å². The van der Waals surface area contributed by atoms with Gasteiger partial charge < -0.3 is 9.30 Å². The molecule has 0 amide bonds. The Bertz CT molecular complexity index is 1370. The number of hydrogen-bond donors (Lipinski definition) is 0.